The van der Waals surface area contributed by atoms with Gasteiger partial charge in [-0.25, -0.2) is 0 Å². The third-order valence-electron chi connectivity index (χ3n) is 2.44. The van der Waals surface area contributed by atoms with E-state index < -0.39 is 10.4 Å². The molecule has 0 heterocycles. The van der Waals surface area contributed by atoms with Crippen molar-refractivity contribution in [2.24, 2.45) is 0 Å². The van der Waals surface area contributed by atoms with Gasteiger partial charge in [0.25, 0.3) is 0 Å². The molecule has 0 unspecified atom stereocenters. The molecular formula is C12H18O4S. The second-order valence-corrected chi connectivity index (χ2v) is 4.99. The summed E-state index contributed by atoms with van der Waals surface area (Å²) in [6.45, 7) is 2.17. The molecule has 0 aliphatic rings. The summed E-state index contributed by atoms with van der Waals surface area (Å²) in [5.41, 5.74) is 1.14. The molecule has 0 saturated heterocycles. The molecular weight excluding hydrogens is 240 g/mol. The number of hydrogen-bond donors (Lipinski definition) is 1. The van der Waals surface area contributed by atoms with Gasteiger partial charge >= 0.3 is 10.4 Å². The second kappa shape index (κ2) is 6.61. The summed E-state index contributed by atoms with van der Waals surface area (Å²) < 4.78 is 33.7. The third-order valence-corrected chi connectivity index (χ3v) is 2.85. The van der Waals surface area contributed by atoms with Crippen molar-refractivity contribution in [3.8, 4) is 5.75 Å². The summed E-state index contributed by atoms with van der Waals surface area (Å²) in [6, 6.07) is 6.71. The van der Waals surface area contributed by atoms with Crippen molar-refractivity contribution in [2.75, 3.05) is 0 Å². The minimum atomic E-state index is -4.41. The molecule has 0 saturated carbocycles. The van der Waals surface area contributed by atoms with E-state index in [1.165, 1.54) is 19.3 Å². The van der Waals surface area contributed by atoms with Crippen LogP contribution in [0.4, 0.5) is 0 Å². The van der Waals surface area contributed by atoms with Gasteiger partial charge in [-0.05, 0) is 30.5 Å². The van der Waals surface area contributed by atoms with E-state index in [-0.39, 0.29) is 5.75 Å². The standard InChI is InChI=1S/C12H18O4S/c1-2-3-4-5-6-11-7-9-12(10-8-11)16-17(13,14)15/h7-10H,2-6H2,1H3,(H,13,14,15). The lowest BCUT2D eigenvalue weighted by molar-refractivity contribution is 0.387. The Kier molecular flexibility index (Phi) is 5.44. The van der Waals surface area contributed by atoms with Crippen LogP contribution >= 0.6 is 0 Å². The number of benzene rings is 1. The van der Waals surface area contributed by atoms with Crippen LogP contribution in [0, 0.1) is 0 Å². The maximum absolute atomic E-state index is 10.5. The highest BCUT2D eigenvalue weighted by Crippen LogP contribution is 2.15. The molecule has 0 amide bonds. The molecule has 0 aromatic heterocycles. The van der Waals surface area contributed by atoms with Gasteiger partial charge in [0.2, 0.25) is 0 Å². The summed E-state index contributed by atoms with van der Waals surface area (Å²) in [4.78, 5) is 0. The Morgan fingerprint density at radius 3 is 2.29 bits per heavy atom. The van der Waals surface area contributed by atoms with E-state index >= 15 is 0 Å². The summed E-state index contributed by atoms with van der Waals surface area (Å²) in [5, 5.41) is 0. The Hall–Kier alpha value is -1.07. The summed E-state index contributed by atoms with van der Waals surface area (Å²) >= 11 is 0. The van der Waals surface area contributed by atoms with Crippen LogP contribution in [0.25, 0.3) is 0 Å². The minimum Gasteiger partial charge on any atom is -0.362 e. The molecule has 1 rings (SSSR count). The van der Waals surface area contributed by atoms with Gasteiger partial charge in [0.15, 0.2) is 0 Å². The van der Waals surface area contributed by atoms with Gasteiger partial charge < -0.3 is 4.18 Å². The zero-order valence-corrected chi connectivity index (χ0v) is 10.7. The molecule has 0 spiro atoms. The molecule has 1 N–H and O–H groups in total. The van der Waals surface area contributed by atoms with E-state index in [4.69, 9.17) is 4.55 Å². The predicted octanol–water partition coefficient (Wildman–Crippen LogP) is 2.99. The maximum atomic E-state index is 10.5. The van der Waals surface area contributed by atoms with Gasteiger partial charge in [0.1, 0.15) is 5.75 Å². The Labute approximate surface area is 103 Å². The van der Waals surface area contributed by atoms with Crippen LogP contribution in [0.5, 0.6) is 5.75 Å². The Morgan fingerprint density at radius 2 is 1.76 bits per heavy atom. The lowest BCUT2D eigenvalue weighted by Gasteiger charge is -2.04. The summed E-state index contributed by atoms with van der Waals surface area (Å²) in [5.74, 6) is 0.129. The fourth-order valence-corrected chi connectivity index (χ4v) is 1.94. The normalized spacial score (nSPS) is 11.4. The zero-order valence-electron chi connectivity index (χ0n) is 9.93. The molecule has 0 atom stereocenters. The smallest absolute Gasteiger partial charge is 0.362 e. The van der Waals surface area contributed by atoms with E-state index in [0.29, 0.717) is 0 Å². The average molecular weight is 258 g/mol. The van der Waals surface area contributed by atoms with Crippen LogP contribution in [0.2, 0.25) is 0 Å². The Balaban J connectivity index is 2.45. The first kappa shape index (κ1) is 14.0. The lowest BCUT2D eigenvalue weighted by atomic mass is 10.1. The first-order chi connectivity index (χ1) is 8.01. The maximum Gasteiger partial charge on any atom is 0.446 e. The molecule has 0 aliphatic carbocycles. The topological polar surface area (TPSA) is 63.6 Å². The number of unbranched alkanes of at least 4 members (excludes halogenated alkanes) is 3. The van der Waals surface area contributed by atoms with E-state index in [1.807, 2.05) is 12.1 Å². The van der Waals surface area contributed by atoms with Gasteiger partial charge in [-0.3, -0.25) is 4.55 Å². The van der Waals surface area contributed by atoms with E-state index in [0.717, 1.165) is 18.4 Å². The molecule has 5 heteroatoms. The summed E-state index contributed by atoms with van der Waals surface area (Å²) in [7, 11) is -4.41. The molecule has 1 aromatic carbocycles. The Morgan fingerprint density at radius 1 is 1.12 bits per heavy atom. The Bertz CT molecular complexity index is 422. The molecule has 1 aromatic rings. The lowest BCUT2D eigenvalue weighted by Crippen LogP contribution is -2.06. The van der Waals surface area contributed by atoms with Crippen LogP contribution in [0.3, 0.4) is 0 Å². The molecule has 0 aliphatic heterocycles. The summed E-state index contributed by atoms with van der Waals surface area (Å²) in [6.07, 6.45) is 5.77. The first-order valence-corrected chi connectivity index (χ1v) is 7.13. The molecule has 0 radical (unpaired) electrons. The third kappa shape index (κ3) is 6.28. The van der Waals surface area contributed by atoms with Crippen molar-refractivity contribution in [2.45, 2.75) is 39.0 Å². The van der Waals surface area contributed by atoms with E-state index in [9.17, 15) is 8.42 Å². The van der Waals surface area contributed by atoms with Gasteiger partial charge in [-0.15, -0.1) is 0 Å². The van der Waals surface area contributed by atoms with Crippen molar-refractivity contribution in [1.82, 2.24) is 0 Å². The SMILES string of the molecule is CCCCCCc1ccc(OS(=O)(=O)O)cc1. The van der Waals surface area contributed by atoms with Crippen molar-refractivity contribution in [3.05, 3.63) is 29.8 Å². The van der Waals surface area contributed by atoms with Crippen LogP contribution in [-0.4, -0.2) is 13.0 Å². The molecule has 0 fully saturated rings. The highest BCUT2D eigenvalue weighted by molar-refractivity contribution is 7.81. The first-order valence-electron chi connectivity index (χ1n) is 5.77. The second-order valence-electron chi connectivity index (χ2n) is 3.97. The highest BCUT2D eigenvalue weighted by Gasteiger charge is 2.06. The van der Waals surface area contributed by atoms with Crippen molar-refractivity contribution in [1.29, 1.82) is 0 Å². The fourth-order valence-electron chi connectivity index (χ4n) is 1.59. The van der Waals surface area contributed by atoms with Crippen LogP contribution in [0.15, 0.2) is 24.3 Å². The number of rotatable bonds is 7. The number of hydrogen-bond acceptors (Lipinski definition) is 3. The van der Waals surface area contributed by atoms with Gasteiger partial charge in [0, 0.05) is 0 Å². The molecule has 0 bridgehead atoms. The predicted molar refractivity (Wildman–Crippen MR) is 66.5 cm³/mol. The van der Waals surface area contributed by atoms with Crippen LogP contribution < -0.4 is 4.18 Å². The average Bonchev–Trinajstić information content (AvgIpc) is 2.25. The molecule has 96 valence electrons. The van der Waals surface area contributed by atoms with Gasteiger partial charge in [-0.1, -0.05) is 38.3 Å². The largest absolute Gasteiger partial charge is 0.446 e. The zero-order chi connectivity index (χ0) is 12.7. The monoisotopic (exact) mass is 258 g/mol. The van der Waals surface area contributed by atoms with Crippen molar-refractivity contribution < 1.29 is 17.2 Å². The van der Waals surface area contributed by atoms with Crippen LogP contribution in [0.1, 0.15) is 38.2 Å². The highest BCUT2D eigenvalue weighted by atomic mass is 32.3. The molecule has 17 heavy (non-hydrogen) atoms. The minimum absolute atomic E-state index is 0.129. The van der Waals surface area contributed by atoms with Crippen molar-refractivity contribution in [3.63, 3.8) is 0 Å². The van der Waals surface area contributed by atoms with Crippen molar-refractivity contribution >= 4 is 10.4 Å². The van der Waals surface area contributed by atoms with E-state index in [2.05, 4.69) is 11.1 Å². The quantitative estimate of drug-likeness (QED) is 0.603. The number of aryl methyl sites for hydroxylation is 1. The van der Waals surface area contributed by atoms with Gasteiger partial charge in [-0.2, -0.15) is 8.42 Å². The molecule has 4 nitrogen and oxygen atoms in total. The van der Waals surface area contributed by atoms with E-state index in [1.54, 1.807) is 12.1 Å². The fraction of sp³-hybridized carbons (Fsp3) is 0.500. The van der Waals surface area contributed by atoms with Gasteiger partial charge in [0.05, 0.1) is 0 Å². The van der Waals surface area contributed by atoms with Crippen LogP contribution in [-0.2, 0) is 16.8 Å².